The molecule has 0 aromatic heterocycles. The topological polar surface area (TPSA) is 64.4 Å². The molecule has 124 valence electrons. The average molecular weight is 366 g/mol. The third-order valence-electron chi connectivity index (χ3n) is 4.69. The largest absolute Gasteiger partial charge is 0.454 e. The van der Waals surface area contributed by atoms with Crippen LogP contribution in [0.5, 0.6) is 11.5 Å². The molecule has 4 rings (SSSR count). The van der Waals surface area contributed by atoms with Crippen LogP contribution in [0, 0.1) is 10.1 Å². The molecule has 5 nitrogen and oxygen atoms in total. The van der Waals surface area contributed by atoms with Gasteiger partial charge in [-0.25, -0.2) is 0 Å². The van der Waals surface area contributed by atoms with E-state index in [4.69, 9.17) is 29.3 Å². The Labute approximate surface area is 150 Å². The molecule has 1 heterocycles. The van der Waals surface area contributed by atoms with E-state index in [-0.39, 0.29) is 33.4 Å². The molecule has 2 aromatic carbocycles. The summed E-state index contributed by atoms with van der Waals surface area (Å²) >= 11 is 12.2. The summed E-state index contributed by atoms with van der Waals surface area (Å²) in [4.78, 5) is 10.3. The van der Waals surface area contributed by atoms with Crippen LogP contribution in [0.15, 0.2) is 30.3 Å². The van der Waals surface area contributed by atoms with Crippen molar-refractivity contribution in [2.75, 3.05) is 11.8 Å². The Kier molecular flexibility index (Phi) is 3.31. The van der Waals surface area contributed by atoms with E-state index in [2.05, 4.69) is 5.32 Å². The fourth-order valence-corrected chi connectivity index (χ4v) is 3.81. The van der Waals surface area contributed by atoms with Crippen molar-refractivity contribution >= 4 is 34.6 Å². The van der Waals surface area contributed by atoms with E-state index in [1.807, 2.05) is 12.1 Å². The second-order valence-corrected chi connectivity index (χ2v) is 6.92. The molecule has 0 bridgehead atoms. The molecule has 1 aliphatic heterocycles. The van der Waals surface area contributed by atoms with Crippen LogP contribution < -0.4 is 10.1 Å². The molecule has 24 heavy (non-hydrogen) atoms. The molecule has 2 aromatic rings. The number of nitrogens with zero attached hydrogens (tertiary/aromatic N) is 1. The molecule has 1 N–H and O–H groups in total. The molecule has 0 amide bonds. The van der Waals surface area contributed by atoms with Crippen LogP contribution in [0.25, 0.3) is 0 Å². The second kappa shape index (κ2) is 5.53. The van der Waals surface area contributed by atoms with Crippen molar-refractivity contribution < 1.29 is 11.0 Å². The van der Waals surface area contributed by atoms with Gasteiger partial charge in [-0.2, -0.15) is 0 Å². The lowest BCUT2D eigenvalue weighted by Gasteiger charge is -2.38. The first-order chi connectivity index (χ1) is 11.9. The van der Waals surface area contributed by atoms with Gasteiger partial charge < -0.3 is 10.1 Å². The zero-order chi connectivity index (χ0) is 17.8. The van der Waals surface area contributed by atoms with E-state index < -0.39 is 4.92 Å². The number of ether oxygens (including phenoxy) is 1. The average Bonchev–Trinajstić information content (AvgIpc) is 2.81. The highest BCUT2D eigenvalue weighted by molar-refractivity contribution is 6.37. The standard InChI is InChI=1S/C17H14Cl2N2O3/c18-13-6-10(21(22)23)7-14(19)16(13)24-11-2-3-15-12(8-11)17(9-20-15)4-1-5-17/h2-3,6-8,20H,1,4-5,9H2/i9D. The Morgan fingerprint density at radius 3 is 2.54 bits per heavy atom. The Bertz CT molecular complexity index is 863. The summed E-state index contributed by atoms with van der Waals surface area (Å²) in [6.45, 7) is -0.349. The van der Waals surface area contributed by atoms with Crippen LogP contribution in [0.4, 0.5) is 11.4 Å². The van der Waals surface area contributed by atoms with Crippen LogP contribution in [0.1, 0.15) is 26.2 Å². The summed E-state index contributed by atoms with van der Waals surface area (Å²) in [6.07, 6.45) is 3.06. The van der Waals surface area contributed by atoms with E-state index in [0.29, 0.717) is 5.75 Å². The summed E-state index contributed by atoms with van der Waals surface area (Å²) < 4.78 is 14.1. The number of nitro benzene ring substituents is 1. The Morgan fingerprint density at radius 1 is 1.25 bits per heavy atom. The zero-order valence-electron chi connectivity index (χ0n) is 13.5. The number of benzene rings is 2. The molecule has 1 spiro atoms. The number of nitrogens with one attached hydrogen (secondary N) is 1. The highest BCUT2D eigenvalue weighted by atomic mass is 35.5. The molecule has 2 aliphatic rings. The molecule has 1 aliphatic carbocycles. The van der Waals surface area contributed by atoms with Gasteiger partial charge in [0.2, 0.25) is 0 Å². The predicted octanol–water partition coefficient (Wildman–Crippen LogP) is 5.54. The molecule has 1 atom stereocenters. The molecular weight excluding hydrogens is 351 g/mol. The van der Waals surface area contributed by atoms with Crippen molar-refractivity contribution in [1.82, 2.24) is 0 Å². The number of non-ortho nitro benzene ring substituents is 1. The molecule has 1 saturated carbocycles. The van der Waals surface area contributed by atoms with Crippen LogP contribution in [-0.4, -0.2) is 11.4 Å². The monoisotopic (exact) mass is 365 g/mol. The second-order valence-electron chi connectivity index (χ2n) is 6.10. The van der Waals surface area contributed by atoms with E-state index in [1.165, 1.54) is 12.1 Å². The smallest absolute Gasteiger partial charge is 0.272 e. The summed E-state index contributed by atoms with van der Waals surface area (Å²) in [5, 5.41) is 14.2. The summed E-state index contributed by atoms with van der Waals surface area (Å²) in [5.41, 5.74) is 1.68. The van der Waals surface area contributed by atoms with Gasteiger partial charge >= 0.3 is 0 Å². The number of hydrogen-bond acceptors (Lipinski definition) is 4. The normalized spacial score (nSPS) is 20.8. The quantitative estimate of drug-likeness (QED) is 0.572. The predicted molar refractivity (Wildman–Crippen MR) is 93.7 cm³/mol. The summed E-state index contributed by atoms with van der Waals surface area (Å²) in [5.74, 6) is 0.725. The van der Waals surface area contributed by atoms with Crippen LogP contribution in [-0.2, 0) is 5.41 Å². The minimum absolute atomic E-state index is 0.0783. The molecular formula is C17H14Cl2N2O3. The minimum Gasteiger partial charge on any atom is -0.454 e. The van der Waals surface area contributed by atoms with Crippen LogP contribution >= 0.6 is 23.2 Å². The van der Waals surface area contributed by atoms with Crippen LogP contribution in [0.3, 0.4) is 0 Å². The van der Waals surface area contributed by atoms with E-state index in [9.17, 15) is 10.1 Å². The lowest BCUT2D eigenvalue weighted by Crippen LogP contribution is -2.35. The molecule has 1 fully saturated rings. The lowest BCUT2D eigenvalue weighted by atomic mass is 9.66. The van der Waals surface area contributed by atoms with Crippen molar-refractivity contribution in [3.8, 4) is 11.5 Å². The third-order valence-corrected chi connectivity index (χ3v) is 5.25. The number of nitro groups is 1. The van der Waals surface area contributed by atoms with E-state index in [0.717, 1.165) is 30.5 Å². The Balaban J connectivity index is 1.68. The van der Waals surface area contributed by atoms with Gasteiger partial charge in [-0.05, 0) is 36.6 Å². The molecule has 0 radical (unpaired) electrons. The lowest BCUT2D eigenvalue weighted by molar-refractivity contribution is -0.384. The fraction of sp³-hybridized carbons (Fsp3) is 0.294. The molecule has 1 unspecified atom stereocenters. The number of rotatable bonds is 3. The maximum Gasteiger partial charge on any atom is 0.272 e. The highest BCUT2D eigenvalue weighted by Crippen LogP contribution is 2.51. The van der Waals surface area contributed by atoms with Gasteiger partial charge in [0.15, 0.2) is 5.75 Å². The van der Waals surface area contributed by atoms with Crippen molar-refractivity contribution in [2.45, 2.75) is 24.7 Å². The Hall–Kier alpha value is -1.98. The molecule has 0 saturated heterocycles. The highest BCUT2D eigenvalue weighted by Gasteiger charge is 2.43. The third kappa shape index (κ3) is 2.39. The van der Waals surface area contributed by atoms with Gasteiger partial charge in [0.25, 0.3) is 5.69 Å². The van der Waals surface area contributed by atoms with E-state index in [1.54, 1.807) is 6.07 Å². The fourth-order valence-electron chi connectivity index (χ4n) is 3.26. The first kappa shape index (κ1) is 14.4. The summed E-state index contributed by atoms with van der Waals surface area (Å²) in [6, 6.07) is 7.98. The number of fused-ring (bicyclic) bond motifs is 2. The van der Waals surface area contributed by atoms with Gasteiger partial charge in [-0.15, -0.1) is 0 Å². The number of hydrogen-bond donors (Lipinski definition) is 1. The number of halogens is 2. The first-order valence-corrected chi connectivity index (χ1v) is 8.31. The SMILES string of the molecule is [2H]C1Nc2ccc(Oc3c(Cl)cc([N+](=O)[O-])cc3Cl)cc2C12CCC2. The maximum absolute atomic E-state index is 10.9. The summed E-state index contributed by atoms with van der Waals surface area (Å²) in [7, 11) is 0. The molecule has 7 heteroatoms. The Morgan fingerprint density at radius 2 is 1.96 bits per heavy atom. The number of anilines is 1. The minimum atomic E-state index is -0.558. The zero-order valence-corrected chi connectivity index (χ0v) is 14.0. The van der Waals surface area contributed by atoms with Crippen molar-refractivity contribution in [2.24, 2.45) is 0 Å². The van der Waals surface area contributed by atoms with Crippen LogP contribution in [0.2, 0.25) is 10.0 Å². The van der Waals surface area contributed by atoms with Gasteiger partial charge in [-0.3, -0.25) is 10.1 Å². The maximum atomic E-state index is 10.9. The van der Waals surface area contributed by atoms with Crippen molar-refractivity contribution in [3.05, 3.63) is 56.1 Å². The van der Waals surface area contributed by atoms with Crippen molar-refractivity contribution in [1.29, 1.82) is 0 Å². The van der Waals surface area contributed by atoms with Gasteiger partial charge in [0.05, 0.1) is 15.0 Å². The van der Waals surface area contributed by atoms with Crippen molar-refractivity contribution in [3.63, 3.8) is 0 Å². The first-order valence-electron chi connectivity index (χ1n) is 8.13. The van der Waals surface area contributed by atoms with Gasteiger partial charge in [-0.1, -0.05) is 29.6 Å². The van der Waals surface area contributed by atoms with Gasteiger partial charge in [0, 0.05) is 31.1 Å². The van der Waals surface area contributed by atoms with Gasteiger partial charge in [0.1, 0.15) is 5.75 Å². The van der Waals surface area contributed by atoms with E-state index >= 15 is 0 Å².